The molecule has 3 heterocycles. The molecule has 3 aromatic heterocycles. The van der Waals surface area contributed by atoms with Crippen molar-refractivity contribution in [2.75, 3.05) is 4.90 Å². The van der Waals surface area contributed by atoms with Crippen molar-refractivity contribution in [2.24, 2.45) is 0 Å². The number of anilines is 1. The number of ether oxygens (including phenoxy) is 1. The maximum absolute atomic E-state index is 12.6. The zero-order valence-electron chi connectivity index (χ0n) is 13.1. The normalized spacial score (nSPS) is 11.4. The molecule has 0 N–H and O–H groups in total. The molecule has 6 nitrogen and oxygen atoms in total. The van der Waals surface area contributed by atoms with Gasteiger partial charge < -0.3 is 4.74 Å². The lowest BCUT2D eigenvalue weighted by Crippen LogP contribution is -2.47. The van der Waals surface area contributed by atoms with Crippen LogP contribution in [0.5, 0.6) is 5.88 Å². The SMILES string of the molecule is CC(C)(C)N(C(=O)Oc1ccc2ncccc2n1)c1nccs1. The number of thiazole rings is 1. The van der Waals surface area contributed by atoms with E-state index in [1.165, 1.54) is 16.2 Å². The Kier molecular flexibility index (Phi) is 3.96. The third-order valence-electron chi connectivity index (χ3n) is 3.09. The van der Waals surface area contributed by atoms with Crippen LogP contribution in [0, 0.1) is 0 Å². The van der Waals surface area contributed by atoms with Gasteiger partial charge in [-0.25, -0.2) is 19.7 Å². The van der Waals surface area contributed by atoms with E-state index in [2.05, 4.69) is 15.0 Å². The van der Waals surface area contributed by atoms with E-state index in [1.807, 2.05) is 32.2 Å². The molecule has 0 saturated carbocycles. The molecule has 0 aliphatic rings. The average molecular weight is 328 g/mol. The number of carbonyl (C=O) groups is 1. The van der Waals surface area contributed by atoms with E-state index in [-0.39, 0.29) is 5.88 Å². The van der Waals surface area contributed by atoms with Crippen LogP contribution in [0.25, 0.3) is 11.0 Å². The second kappa shape index (κ2) is 5.92. The summed E-state index contributed by atoms with van der Waals surface area (Å²) in [6.07, 6.45) is 2.84. The van der Waals surface area contributed by atoms with Crippen LogP contribution in [0.3, 0.4) is 0 Å². The lowest BCUT2D eigenvalue weighted by Gasteiger charge is -2.32. The lowest BCUT2D eigenvalue weighted by molar-refractivity contribution is 0.200. The van der Waals surface area contributed by atoms with Gasteiger partial charge in [-0.1, -0.05) is 0 Å². The van der Waals surface area contributed by atoms with E-state index in [4.69, 9.17) is 4.74 Å². The average Bonchev–Trinajstić information content (AvgIpc) is 2.99. The molecule has 0 aromatic carbocycles. The zero-order chi connectivity index (χ0) is 16.4. The molecule has 0 aliphatic heterocycles. The maximum atomic E-state index is 12.6. The van der Waals surface area contributed by atoms with Crippen molar-refractivity contribution in [1.29, 1.82) is 0 Å². The summed E-state index contributed by atoms with van der Waals surface area (Å²) in [7, 11) is 0. The maximum Gasteiger partial charge on any atom is 0.423 e. The van der Waals surface area contributed by atoms with Gasteiger partial charge in [-0.3, -0.25) is 4.98 Å². The Hall–Kier alpha value is -2.54. The van der Waals surface area contributed by atoms with Gasteiger partial charge in [0.1, 0.15) is 0 Å². The molecule has 3 rings (SSSR count). The molecule has 7 heteroatoms. The first kappa shape index (κ1) is 15.4. The van der Waals surface area contributed by atoms with Crippen LogP contribution in [0.2, 0.25) is 0 Å². The van der Waals surface area contributed by atoms with Crippen molar-refractivity contribution in [3.05, 3.63) is 42.0 Å². The van der Waals surface area contributed by atoms with Crippen LogP contribution in [0.1, 0.15) is 20.8 Å². The van der Waals surface area contributed by atoms with E-state index in [9.17, 15) is 4.79 Å². The Morgan fingerprint density at radius 2 is 1.96 bits per heavy atom. The van der Waals surface area contributed by atoms with Crippen molar-refractivity contribution < 1.29 is 9.53 Å². The first-order valence-corrected chi connectivity index (χ1v) is 7.96. The van der Waals surface area contributed by atoms with E-state index in [1.54, 1.807) is 30.6 Å². The first-order chi connectivity index (χ1) is 10.9. The number of hydrogen-bond donors (Lipinski definition) is 0. The number of rotatable bonds is 2. The highest BCUT2D eigenvalue weighted by atomic mass is 32.1. The standard InChI is InChI=1S/C16H16N4O2S/c1-16(2,3)20(14-18-9-10-23-14)15(21)22-13-7-6-11-12(19-13)5-4-8-17-11/h4-10H,1-3H3. The summed E-state index contributed by atoms with van der Waals surface area (Å²) in [5, 5.41) is 2.41. The molecule has 118 valence electrons. The Morgan fingerprint density at radius 3 is 2.65 bits per heavy atom. The molecule has 0 atom stereocenters. The van der Waals surface area contributed by atoms with E-state index in [0.717, 1.165) is 5.52 Å². The second-order valence-electron chi connectivity index (χ2n) is 5.88. The van der Waals surface area contributed by atoms with Gasteiger partial charge in [-0.15, -0.1) is 11.3 Å². The fourth-order valence-electron chi connectivity index (χ4n) is 2.10. The number of fused-ring (bicyclic) bond motifs is 1. The summed E-state index contributed by atoms with van der Waals surface area (Å²) in [5.41, 5.74) is 0.960. The van der Waals surface area contributed by atoms with E-state index in [0.29, 0.717) is 10.6 Å². The molecule has 0 unspecified atom stereocenters. The van der Waals surface area contributed by atoms with Crippen molar-refractivity contribution >= 4 is 33.6 Å². The summed E-state index contributed by atoms with van der Waals surface area (Å²) >= 11 is 1.38. The minimum Gasteiger partial charge on any atom is -0.391 e. The van der Waals surface area contributed by atoms with E-state index >= 15 is 0 Å². The molecule has 1 amide bonds. The summed E-state index contributed by atoms with van der Waals surface area (Å²) in [4.78, 5) is 26.8. The van der Waals surface area contributed by atoms with Gasteiger partial charge in [0.15, 0.2) is 5.13 Å². The summed E-state index contributed by atoms with van der Waals surface area (Å²) in [6, 6.07) is 7.02. The van der Waals surface area contributed by atoms with Gasteiger partial charge in [0.2, 0.25) is 5.88 Å². The quantitative estimate of drug-likeness (QED) is 0.714. The van der Waals surface area contributed by atoms with Gasteiger partial charge in [-0.05, 0) is 39.0 Å². The molecule has 0 spiro atoms. The fourth-order valence-corrected chi connectivity index (χ4v) is 2.91. The largest absolute Gasteiger partial charge is 0.423 e. The van der Waals surface area contributed by atoms with Crippen LogP contribution >= 0.6 is 11.3 Å². The highest BCUT2D eigenvalue weighted by Crippen LogP contribution is 2.27. The highest BCUT2D eigenvalue weighted by molar-refractivity contribution is 7.13. The van der Waals surface area contributed by atoms with Crippen LogP contribution in [0.4, 0.5) is 9.93 Å². The highest BCUT2D eigenvalue weighted by Gasteiger charge is 2.32. The third kappa shape index (κ3) is 3.29. The minimum atomic E-state index is -0.511. The Morgan fingerprint density at radius 1 is 1.13 bits per heavy atom. The first-order valence-electron chi connectivity index (χ1n) is 7.08. The zero-order valence-corrected chi connectivity index (χ0v) is 13.9. The number of aromatic nitrogens is 3. The van der Waals surface area contributed by atoms with Crippen molar-refractivity contribution in [1.82, 2.24) is 15.0 Å². The van der Waals surface area contributed by atoms with Gasteiger partial charge >= 0.3 is 6.09 Å². The van der Waals surface area contributed by atoms with Crippen LogP contribution in [-0.4, -0.2) is 26.6 Å². The van der Waals surface area contributed by atoms with Crippen molar-refractivity contribution in [3.63, 3.8) is 0 Å². The molecule has 0 fully saturated rings. The van der Waals surface area contributed by atoms with Gasteiger partial charge in [0.25, 0.3) is 0 Å². The second-order valence-corrected chi connectivity index (χ2v) is 6.75. The molecule has 0 saturated heterocycles. The predicted molar refractivity (Wildman–Crippen MR) is 89.9 cm³/mol. The van der Waals surface area contributed by atoms with Crippen molar-refractivity contribution in [3.8, 4) is 5.88 Å². The van der Waals surface area contributed by atoms with Crippen LogP contribution in [0.15, 0.2) is 42.0 Å². The predicted octanol–water partition coefficient (Wildman–Crippen LogP) is 3.89. The fraction of sp³-hybridized carbons (Fsp3) is 0.250. The number of carbonyl (C=O) groups excluding carboxylic acids is 1. The number of nitrogens with zero attached hydrogens (tertiary/aromatic N) is 4. The molecular weight excluding hydrogens is 312 g/mol. The number of pyridine rings is 2. The molecular formula is C16H16N4O2S. The lowest BCUT2D eigenvalue weighted by atomic mass is 10.1. The van der Waals surface area contributed by atoms with Gasteiger partial charge in [0, 0.05) is 29.4 Å². The summed E-state index contributed by atoms with van der Waals surface area (Å²) in [5.74, 6) is 0.237. The molecule has 0 radical (unpaired) electrons. The van der Waals surface area contributed by atoms with Crippen LogP contribution in [-0.2, 0) is 0 Å². The summed E-state index contributed by atoms with van der Waals surface area (Å²) < 4.78 is 5.45. The third-order valence-corrected chi connectivity index (χ3v) is 3.84. The van der Waals surface area contributed by atoms with Gasteiger partial charge in [0.05, 0.1) is 11.0 Å². The monoisotopic (exact) mass is 328 g/mol. The van der Waals surface area contributed by atoms with Gasteiger partial charge in [-0.2, -0.15) is 0 Å². The van der Waals surface area contributed by atoms with Crippen molar-refractivity contribution in [2.45, 2.75) is 26.3 Å². The Labute approximate surface area is 137 Å². The molecule has 3 aromatic rings. The topological polar surface area (TPSA) is 68.2 Å². The molecule has 0 aliphatic carbocycles. The Balaban J connectivity index is 1.88. The van der Waals surface area contributed by atoms with E-state index < -0.39 is 11.6 Å². The summed E-state index contributed by atoms with van der Waals surface area (Å²) in [6.45, 7) is 5.77. The Bertz CT molecular complexity index is 827. The molecule has 0 bridgehead atoms. The number of amides is 1. The van der Waals surface area contributed by atoms with Crippen LogP contribution < -0.4 is 9.64 Å². The smallest absolute Gasteiger partial charge is 0.391 e. The minimum absolute atomic E-state index is 0.237. The molecule has 23 heavy (non-hydrogen) atoms. The number of hydrogen-bond acceptors (Lipinski definition) is 6.